The van der Waals surface area contributed by atoms with Crippen LogP contribution in [0.15, 0.2) is 35.1 Å². The summed E-state index contributed by atoms with van der Waals surface area (Å²) in [6, 6.07) is 10.3. The SMILES string of the molecule is COCc1cc(=O)nc2n1CC(COc1ccc(C3CCCCC3)cc1)O2. The molecule has 1 saturated carbocycles. The van der Waals surface area contributed by atoms with Gasteiger partial charge in [-0.05, 0) is 36.5 Å². The fourth-order valence-corrected chi connectivity index (χ4v) is 4.02. The van der Waals surface area contributed by atoms with E-state index in [4.69, 9.17) is 14.2 Å². The van der Waals surface area contributed by atoms with Crippen molar-refractivity contribution >= 4 is 0 Å². The normalized spacial score (nSPS) is 19.5. The minimum Gasteiger partial charge on any atom is -0.490 e. The lowest BCUT2D eigenvalue weighted by molar-refractivity contribution is 0.143. The lowest BCUT2D eigenvalue weighted by Gasteiger charge is -2.22. The molecule has 0 spiro atoms. The van der Waals surface area contributed by atoms with Gasteiger partial charge < -0.3 is 14.2 Å². The van der Waals surface area contributed by atoms with E-state index in [1.165, 1.54) is 43.7 Å². The van der Waals surface area contributed by atoms with Crippen molar-refractivity contribution in [2.24, 2.45) is 0 Å². The Bertz CT molecular complexity index is 825. The summed E-state index contributed by atoms with van der Waals surface area (Å²) in [5.74, 6) is 1.54. The summed E-state index contributed by atoms with van der Waals surface area (Å²) >= 11 is 0. The van der Waals surface area contributed by atoms with E-state index in [9.17, 15) is 4.79 Å². The van der Waals surface area contributed by atoms with E-state index >= 15 is 0 Å². The molecule has 1 fully saturated rings. The van der Waals surface area contributed by atoms with Gasteiger partial charge in [0, 0.05) is 13.2 Å². The third kappa shape index (κ3) is 4.16. The maximum absolute atomic E-state index is 11.7. The standard InChI is InChI=1S/C21H26N2O4/c1-25-13-17-11-20(24)22-21-23(17)12-19(27-21)14-26-18-9-7-16(8-10-18)15-5-3-2-4-6-15/h7-11,15,19H,2-6,12-14H2,1H3. The van der Waals surface area contributed by atoms with Crippen molar-refractivity contribution in [2.75, 3.05) is 13.7 Å². The number of ether oxygens (including phenoxy) is 3. The first-order valence-corrected chi connectivity index (χ1v) is 9.72. The average molecular weight is 370 g/mol. The zero-order valence-corrected chi connectivity index (χ0v) is 15.7. The predicted octanol–water partition coefficient (Wildman–Crippen LogP) is 3.28. The molecule has 1 aromatic heterocycles. The zero-order valence-electron chi connectivity index (χ0n) is 15.7. The second-order valence-corrected chi connectivity index (χ2v) is 7.37. The van der Waals surface area contributed by atoms with Crippen LogP contribution in [0.5, 0.6) is 11.8 Å². The van der Waals surface area contributed by atoms with Gasteiger partial charge in [-0.1, -0.05) is 31.4 Å². The van der Waals surface area contributed by atoms with Crippen molar-refractivity contribution in [2.45, 2.75) is 57.3 Å². The van der Waals surface area contributed by atoms with Crippen molar-refractivity contribution in [1.82, 2.24) is 9.55 Å². The molecular formula is C21H26N2O4. The summed E-state index contributed by atoms with van der Waals surface area (Å²) in [4.78, 5) is 15.6. The number of fused-ring (bicyclic) bond motifs is 1. The third-order valence-corrected chi connectivity index (χ3v) is 5.42. The Balaban J connectivity index is 1.35. The van der Waals surface area contributed by atoms with Gasteiger partial charge in [-0.25, -0.2) is 0 Å². The summed E-state index contributed by atoms with van der Waals surface area (Å²) in [5, 5.41) is 0. The van der Waals surface area contributed by atoms with Crippen molar-refractivity contribution in [1.29, 1.82) is 0 Å². The molecule has 2 aliphatic rings. The zero-order chi connectivity index (χ0) is 18.6. The molecule has 1 aliphatic carbocycles. The fraction of sp³-hybridized carbons (Fsp3) is 0.524. The van der Waals surface area contributed by atoms with Gasteiger partial charge >= 0.3 is 6.01 Å². The van der Waals surface area contributed by atoms with Crippen LogP contribution in [0.4, 0.5) is 0 Å². The van der Waals surface area contributed by atoms with Crippen LogP contribution in [0, 0.1) is 0 Å². The van der Waals surface area contributed by atoms with Gasteiger partial charge in [-0.2, -0.15) is 4.98 Å². The number of hydrogen-bond acceptors (Lipinski definition) is 5. The summed E-state index contributed by atoms with van der Waals surface area (Å²) in [6.07, 6.45) is 6.46. The smallest absolute Gasteiger partial charge is 0.300 e. The van der Waals surface area contributed by atoms with E-state index < -0.39 is 0 Å². The first kappa shape index (κ1) is 18.0. The summed E-state index contributed by atoms with van der Waals surface area (Å²) in [5.41, 5.74) is 1.87. The highest BCUT2D eigenvalue weighted by Crippen LogP contribution is 2.33. The van der Waals surface area contributed by atoms with E-state index in [-0.39, 0.29) is 11.7 Å². The van der Waals surface area contributed by atoms with Crippen molar-refractivity contribution in [3.05, 3.63) is 51.9 Å². The lowest BCUT2D eigenvalue weighted by Crippen LogP contribution is -2.23. The predicted molar refractivity (Wildman–Crippen MR) is 101 cm³/mol. The first-order valence-electron chi connectivity index (χ1n) is 9.72. The molecular weight excluding hydrogens is 344 g/mol. The van der Waals surface area contributed by atoms with Gasteiger partial charge in [0.15, 0.2) is 6.10 Å². The molecule has 6 nitrogen and oxygen atoms in total. The van der Waals surface area contributed by atoms with E-state index in [1.807, 2.05) is 16.7 Å². The highest BCUT2D eigenvalue weighted by Gasteiger charge is 2.26. The highest BCUT2D eigenvalue weighted by atomic mass is 16.6. The van der Waals surface area contributed by atoms with Crippen LogP contribution >= 0.6 is 0 Å². The molecule has 2 heterocycles. The van der Waals surface area contributed by atoms with Crippen LogP contribution in [-0.4, -0.2) is 29.4 Å². The monoisotopic (exact) mass is 370 g/mol. The molecule has 1 unspecified atom stereocenters. The highest BCUT2D eigenvalue weighted by molar-refractivity contribution is 5.29. The van der Waals surface area contributed by atoms with Crippen molar-refractivity contribution < 1.29 is 14.2 Å². The Kier molecular flexibility index (Phi) is 5.43. The van der Waals surface area contributed by atoms with Crippen LogP contribution in [-0.2, 0) is 17.9 Å². The maximum atomic E-state index is 11.7. The van der Waals surface area contributed by atoms with Gasteiger partial charge in [0.05, 0.1) is 18.8 Å². The minimum absolute atomic E-state index is 0.173. The van der Waals surface area contributed by atoms with E-state index in [0.717, 1.165) is 11.4 Å². The molecule has 0 amide bonds. The summed E-state index contributed by atoms with van der Waals surface area (Å²) < 4.78 is 18.7. The van der Waals surface area contributed by atoms with Crippen LogP contribution in [0.1, 0.15) is 49.3 Å². The van der Waals surface area contributed by atoms with Crippen LogP contribution in [0.25, 0.3) is 0 Å². The van der Waals surface area contributed by atoms with Crippen molar-refractivity contribution in [3.8, 4) is 11.8 Å². The molecule has 0 radical (unpaired) electrons. The number of methoxy groups -OCH3 is 1. The van der Waals surface area contributed by atoms with Gasteiger partial charge in [0.25, 0.3) is 5.56 Å². The Morgan fingerprint density at radius 2 is 1.96 bits per heavy atom. The largest absolute Gasteiger partial charge is 0.490 e. The minimum atomic E-state index is -0.312. The summed E-state index contributed by atoms with van der Waals surface area (Å²) in [6.45, 7) is 1.36. The van der Waals surface area contributed by atoms with Gasteiger partial charge in [-0.15, -0.1) is 0 Å². The van der Waals surface area contributed by atoms with Crippen LogP contribution < -0.4 is 15.0 Å². The molecule has 0 saturated heterocycles. The number of aromatic nitrogens is 2. The molecule has 1 atom stereocenters. The third-order valence-electron chi connectivity index (χ3n) is 5.42. The second kappa shape index (κ2) is 8.13. The fourth-order valence-electron chi connectivity index (χ4n) is 4.02. The number of hydrogen-bond donors (Lipinski definition) is 0. The molecule has 144 valence electrons. The average Bonchev–Trinajstić information content (AvgIpc) is 3.11. The summed E-state index contributed by atoms with van der Waals surface area (Å²) in [7, 11) is 1.60. The number of benzene rings is 1. The quantitative estimate of drug-likeness (QED) is 0.781. The van der Waals surface area contributed by atoms with Crippen molar-refractivity contribution in [3.63, 3.8) is 0 Å². The Labute approximate surface area is 159 Å². The molecule has 27 heavy (non-hydrogen) atoms. The lowest BCUT2D eigenvalue weighted by atomic mass is 9.84. The molecule has 0 N–H and O–H groups in total. The van der Waals surface area contributed by atoms with Gasteiger partial charge in [0.1, 0.15) is 12.4 Å². The topological polar surface area (TPSA) is 62.6 Å². The van der Waals surface area contributed by atoms with E-state index in [0.29, 0.717) is 31.7 Å². The second-order valence-electron chi connectivity index (χ2n) is 7.37. The van der Waals surface area contributed by atoms with E-state index in [1.54, 1.807) is 7.11 Å². The molecule has 2 aromatic rings. The van der Waals surface area contributed by atoms with Gasteiger partial charge in [-0.3, -0.25) is 9.36 Å². The van der Waals surface area contributed by atoms with Gasteiger partial charge in [0.2, 0.25) is 0 Å². The maximum Gasteiger partial charge on any atom is 0.300 e. The molecule has 1 aromatic carbocycles. The van der Waals surface area contributed by atoms with Crippen LogP contribution in [0.3, 0.4) is 0 Å². The molecule has 0 bridgehead atoms. The number of rotatable bonds is 6. The first-order chi connectivity index (χ1) is 13.2. The molecule has 4 rings (SSSR count). The Hall–Kier alpha value is -2.34. The van der Waals surface area contributed by atoms with E-state index in [2.05, 4.69) is 17.1 Å². The molecule has 6 heteroatoms. The Morgan fingerprint density at radius 3 is 2.70 bits per heavy atom. The number of nitrogens with zero attached hydrogens (tertiary/aromatic N) is 2. The Morgan fingerprint density at radius 1 is 1.19 bits per heavy atom. The van der Waals surface area contributed by atoms with Crippen LogP contribution in [0.2, 0.25) is 0 Å². The molecule has 1 aliphatic heterocycles.